The molecule has 1 heterocycles. The van der Waals surface area contributed by atoms with Crippen LogP contribution >= 0.6 is 11.3 Å². The van der Waals surface area contributed by atoms with Gasteiger partial charge < -0.3 is 15.3 Å². The molecular weight excluding hydrogens is 268 g/mol. The Labute approximate surface area is 115 Å². The summed E-state index contributed by atoms with van der Waals surface area (Å²) in [6, 6.07) is 3.26. The van der Waals surface area contributed by atoms with Gasteiger partial charge in [0.05, 0.1) is 9.75 Å². The molecule has 0 aromatic carbocycles. The molecule has 0 aliphatic rings. The van der Waals surface area contributed by atoms with Gasteiger partial charge in [0.1, 0.15) is 0 Å². The van der Waals surface area contributed by atoms with E-state index in [1.807, 2.05) is 0 Å². The number of carbonyl (C=O) groups is 3. The highest BCUT2D eigenvalue weighted by Crippen LogP contribution is 2.16. The number of aldehydes is 1. The first-order chi connectivity index (χ1) is 9.04. The smallest absolute Gasteiger partial charge is 0.404 e. The minimum atomic E-state index is -1.04. The van der Waals surface area contributed by atoms with E-state index in [-0.39, 0.29) is 5.91 Å². The van der Waals surface area contributed by atoms with Crippen LogP contribution in [0.3, 0.4) is 0 Å². The van der Waals surface area contributed by atoms with Crippen LogP contribution in [-0.4, -0.2) is 48.4 Å². The summed E-state index contributed by atoms with van der Waals surface area (Å²) in [6.07, 6.45) is 1.07. The molecule has 0 atom stereocenters. The third kappa shape index (κ3) is 5.09. The second-order valence-corrected chi connectivity index (χ2v) is 5.10. The Morgan fingerprint density at radius 1 is 1.42 bits per heavy atom. The Morgan fingerprint density at radius 2 is 2.16 bits per heavy atom. The lowest BCUT2D eigenvalue weighted by Crippen LogP contribution is -2.28. The van der Waals surface area contributed by atoms with E-state index < -0.39 is 6.09 Å². The predicted octanol–water partition coefficient (Wildman–Crippen LogP) is 1.68. The maximum absolute atomic E-state index is 12.0. The fourth-order valence-electron chi connectivity index (χ4n) is 1.49. The zero-order chi connectivity index (χ0) is 14.3. The van der Waals surface area contributed by atoms with Crippen molar-refractivity contribution in [1.82, 2.24) is 10.2 Å². The van der Waals surface area contributed by atoms with Gasteiger partial charge in [0.15, 0.2) is 6.29 Å². The van der Waals surface area contributed by atoms with E-state index >= 15 is 0 Å². The molecular formula is C12H16N2O4S. The summed E-state index contributed by atoms with van der Waals surface area (Å²) < 4.78 is 0. The van der Waals surface area contributed by atoms with Crippen molar-refractivity contribution in [2.45, 2.75) is 12.8 Å². The van der Waals surface area contributed by atoms with E-state index in [1.54, 1.807) is 24.1 Å². The average Bonchev–Trinajstić information content (AvgIpc) is 2.85. The van der Waals surface area contributed by atoms with Crippen LogP contribution in [0.1, 0.15) is 32.2 Å². The predicted molar refractivity (Wildman–Crippen MR) is 71.9 cm³/mol. The van der Waals surface area contributed by atoms with Crippen molar-refractivity contribution in [2.75, 3.05) is 20.1 Å². The number of hydrogen-bond donors (Lipinski definition) is 2. The first kappa shape index (κ1) is 15.2. The number of unbranched alkanes of at least 4 members (excludes halogenated alkanes) is 1. The fourth-order valence-corrected chi connectivity index (χ4v) is 2.31. The van der Waals surface area contributed by atoms with Gasteiger partial charge in [0.25, 0.3) is 5.91 Å². The molecule has 0 saturated heterocycles. The lowest BCUT2D eigenvalue weighted by atomic mass is 10.3. The Morgan fingerprint density at radius 3 is 2.74 bits per heavy atom. The van der Waals surface area contributed by atoms with Crippen LogP contribution in [0.15, 0.2) is 12.1 Å². The number of carbonyl (C=O) groups excluding carboxylic acids is 2. The van der Waals surface area contributed by atoms with Gasteiger partial charge in [-0.3, -0.25) is 9.59 Å². The molecule has 2 amide bonds. The SMILES string of the molecule is CN(CCCCNC(=O)O)C(=O)c1ccc(C=O)s1. The third-order valence-electron chi connectivity index (χ3n) is 2.50. The van der Waals surface area contributed by atoms with Crippen LogP contribution in [0.5, 0.6) is 0 Å². The van der Waals surface area contributed by atoms with E-state index in [1.165, 1.54) is 11.3 Å². The van der Waals surface area contributed by atoms with E-state index in [9.17, 15) is 14.4 Å². The first-order valence-electron chi connectivity index (χ1n) is 5.82. The van der Waals surface area contributed by atoms with Gasteiger partial charge >= 0.3 is 6.09 Å². The van der Waals surface area contributed by atoms with E-state index in [0.29, 0.717) is 35.7 Å². The van der Waals surface area contributed by atoms with Crippen molar-refractivity contribution >= 4 is 29.6 Å². The van der Waals surface area contributed by atoms with Crippen LogP contribution in [0.2, 0.25) is 0 Å². The maximum Gasteiger partial charge on any atom is 0.404 e. The van der Waals surface area contributed by atoms with Crippen molar-refractivity contribution in [3.8, 4) is 0 Å². The van der Waals surface area contributed by atoms with Crippen LogP contribution in [-0.2, 0) is 0 Å². The monoisotopic (exact) mass is 284 g/mol. The Bertz CT molecular complexity index is 458. The number of nitrogens with zero attached hydrogens (tertiary/aromatic N) is 1. The highest BCUT2D eigenvalue weighted by atomic mass is 32.1. The van der Waals surface area contributed by atoms with Crippen LogP contribution in [0, 0.1) is 0 Å². The van der Waals surface area contributed by atoms with Gasteiger partial charge in [-0.1, -0.05) is 0 Å². The Hall–Kier alpha value is -1.89. The summed E-state index contributed by atoms with van der Waals surface area (Å²) in [6.45, 7) is 0.931. The molecule has 0 bridgehead atoms. The molecule has 0 fully saturated rings. The molecule has 1 aromatic rings. The summed E-state index contributed by atoms with van der Waals surface area (Å²) in [5.41, 5.74) is 0. The van der Waals surface area contributed by atoms with Crippen molar-refractivity contribution in [3.05, 3.63) is 21.9 Å². The number of hydrogen-bond acceptors (Lipinski definition) is 4. The molecule has 7 heteroatoms. The van der Waals surface area contributed by atoms with Crippen molar-refractivity contribution in [3.63, 3.8) is 0 Å². The Kier molecular flexibility index (Phi) is 6.01. The standard InChI is InChI=1S/C12H16N2O4S/c1-14(7-3-2-6-13-12(17)18)11(16)10-5-4-9(8-15)19-10/h4-5,8,13H,2-3,6-7H2,1H3,(H,17,18). The van der Waals surface area contributed by atoms with Crippen LogP contribution in [0.4, 0.5) is 4.79 Å². The van der Waals surface area contributed by atoms with Gasteiger partial charge in [-0.05, 0) is 25.0 Å². The van der Waals surface area contributed by atoms with Crippen LogP contribution in [0.25, 0.3) is 0 Å². The Balaban J connectivity index is 2.32. The lowest BCUT2D eigenvalue weighted by Gasteiger charge is -2.15. The summed E-state index contributed by atoms with van der Waals surface area (Å²) in [7, 11) is 1.69. The van der Waals surface area contributed by atoms with Crippen LogP contribution < -0.4 is 5.32 Å². The number of thiophene rings is 1. The summed E-state index contributed by atoms with van der Waals surface area (Å²) in [5.74, 6) is -0.121. The molecule has 19 heavy (non-hydrogen) atoms. The van der Waals surface area contributed by atoms with Gasteiger partial charge in [0.2, 0.25) is 0 Å². The molecule has 0 spiro atoms. The largest absolute Gasteiger partial charge is 0.465 e. The molecule has 0 aliphatic carbocycles. The molecule has 0 radical (unpaired) electrons. The number of rotatable bonds is 7. The highest BCUT2D eigenvalue weighted by molar-refractivity contribution is 7.15. The van der Waals surface area contributed by atoms with Crippen molar-refractivity contribution in [2.24, 2.45) is 0 Å². The molecule has 1 aromatic heterocycles. The summed E-state index contributed by atoms with van der Waals surface area (Å²) in [5, 5.41) is 10.6. The molecule has 2 N–H and O–H groups in total. The molecule has 1 rings (SSSR count). The zero-order valence-corrected chi connectivity index (χ0v) is 11.4. The molecule has 0 saturated carbocycles. The lowest BCUT2D eigenvalue weighted by molar-refractivity contribution is 0.0797. The second kappa shape index (κ2) is 7.52. The van der Waals surface area contributed by atoms with Gasteiger partial charge in [0, 0.05) is 20.1 Å². The normalized spacial score (nSPS) is 9.95. The molecule has 0 aliphatic heterocycles. The summed E-state index contributed by atoms with van der Waals surface area (Å²) in [4.78, 5) is 35.4. The topological polar surface area (TPSA) is 86.7 Å². The van der Waals surface area contributed by atoms with Crippen molar-refractivity contribution in [1.29, 1.82) is 0 Å². The summed E-state index contributed by atoms with van der Waals surface area (Å²) >= 11 is 1.17. The average molecular weight is 284 g/mol. The van der Waals surface area contributed by atoms with Gasteiger partial charge in [-0.15, -0.1) is 11.3 Å². The van der Waals surface area contributed by atoms with Gasteiger partial charge in [-0.2, -0.15) is 0 Å². The van der Waals surface area contributed by atoms with E-state index in [0.717, 1.165) is 6.29 Å². The molecule has 104 valence electrons. The van der Waals surface area contributed by atoms with Gasteiger partial charge in [-0.25, -0.2) is 4.79 Å². The van der Waals surface area contributed by atoms with E-state index in [4.69, 9.17) is 5.11 Å². The number of amides is 2. The van der Waals surface area contributed by atoms with E-state index in [2.05, 4.69) is 5.32 Å². The quantitative estimate of drug-likeness (QED) is 0.589. The minimum absolute atomic E-state index is 0.121. The zero-order valence-electron chi connectivity index (χ0n) is 10.6. The minimum Gasteiger partial charge on any atom is -0.465 e. The molecule has 0 unspecified atom stereocenters. The second-order valence-electron chi connectivity index (χ2n) is 3.99. The maximum atomic E-state index is 12.0. The first-order valence-corrected chi connectivity index (χ1v) is 6.63. The fraction of sp³-hybridized carbons (Fsp3) is 0.417. The van der Waals surface area contributed by atoms with Crippen molar-refractivity contribution < 1.29 is 19.5 Å². The number of carboxylic acid groups (broad SMARTS) is 1. The molecule has 6 nitrogen and oxygen atoms in total. The third-order valence-corrected chi connectivity index (χ3v) is 3.50. The highest BCUT2D eigenvalue weighted by Gasteiger charge is 2.13. The number of nitrogens with one attached hydrogen (secondary N) is 1.